The van der Waals surface area contributed by atoms with Gasteiger partial charge in [-0.1, -0.05) is 31.5 Å². The molecule has 2 atom stereocenters. The fraction of sp³-hybridized carbons (Fsp3) is 0.600. The quantitative estimate of drug-likeness (QED) is 0.740. The summed E-state index contributed by atoms with van der Waals surface area (Å²) in [6.07, 6.45) is 2.23. The third-order valence-corrected chi connectivity index (χ3v) is 5.10. The van der Waals surface area contributed by atoms with Crippen LogP contribution in [0.25, 0.3) is 0 Å². The second-order valence-corrected chi connectivity index (χ2v) is 6.99. The van der Waals surface area contributed by atoms with E-state index < -0.39 is 0 Å². The average Bonchev–Trinajstić information content (AvgIpc) is 2.33. The fourth-order valence-corrected chi connectivity index (χ4v) is 3.09. The van der Waals surface area contributed by atoms with Crippen LogP contribution in [0.5, 0.6) is 0 Å². The molecule has 2 unspecified atom stereocenters. The second kappa shape index (κ2) is 6.55. The first-order valence-corrected chi connectivity index (χ1v) is 8.02. The van der Waals surface area contributed by atoms with Crippen molar-refractivity contribution in [2.75, 3.05) is 13.1 Å². The molecule has 0 bridgehead atoms. The molecule has 1 aliphatic carbocycles. The molecule has 1 saturated carbocycles. The van der Waals surface area contributed by atoms with Crippen LogP contribution in [0, 0.1) is 17.7 Å². The molecule has 1 aliphatic rings. The molecule has 2 rings (SSSR count). The van der Waals surface area contributed by atoms with Crippen LogP contribution in [-0.4, -0.2) is 13.1 Å². The number of hydrogen-bond acceptors (Lipinski definition) is 1. The van der Waals surface area contributed by atoms with Crippen LogP contribution in [0.4, 0.5) is 4.39 Å². The Kier molecular flexibility index (Phi) is 5.27. The van der Waals surface area contributed by atoms with Crippen LogP contribution in [0.1, 0.15) is 38.2 Å². The van der Waals surface area contributed by atoms with Gasteiger partial charge in [-0.25, -0.2) is 4.39 Å². The molecule has 1 N–H and O–H groups in total. The molecule has 0 amide bonds. The molecule has 1 aromatic rings. The lowest BCUT2D eigenvalue weighted by atomic mass is 9.70. The van der Waals surface area contributed by atoms with E-state index in [-0.39, 0.29) is 10.8 Å². The lowest BCUT2D eigenvalue weighted by Crippen LogP contribution is -2.35. The van der Waals surface area contributed by atoms with E-state index in [4.69, 9.17) is 11.6 Å². The van der Waals surface area contributed by atoms with Crippen molar-refractivity contribution in [1.82, 2.24) is 5.32 Å². The Morgan fingerprint density at radius 1 is 1.42 bits per heavy atom. The van der Waals surface area contributed by atoms with Crippen LogP contribution in [0.2, 0.25) is 5.02 Å². The molecule has 0 heterocycles. The number of nitrogens with one attached hydrogen (secondary N) is 1. The highest BCUT2D eigenvalue weighted by atomic mass is 79.9. The highest BCUT2D eigenvalue weighted by Gasteiger charge is 2.34. The van der Waals surface area contributed by atoms with Crippen molar-refractivity contribution in [2.24, 2.45) is 11.8 Å². The second-order valence-electron chi connectivity index (χ2n) is 5.76. The monoisotopic (exact) mass is 347 g/mol. The largest absolute Gasteiger partial charge is 0.316 e. The topological polar surface area (TPSA) is 12.0 Å². The fourth-order valence-electron chi connectivity index (χ4n) is 2.61. The molecule has 106 valence electrons. The molecule has 0 saturated heterocycles. The molecule has 1 nitrogen and oxygen atoms in total. The Hall–Kier alpha value is -0.120. The zero-order chi connectivity index (χ0) is 14.0. The van der Waals surface area contributed by atoms with Crippen molar-refractivity contribution in [1.29, 1.82) is 0 Å². The van der Waals surface area contributed by atoms with Gasteiger partial charge >= 0.3 is 0 Å². The van der Waals surface area contributed by atoms with Gasteiger partial charge in [0, 0.05) is 4.47 Å². The maximum atomic E-state index is 14.2. The highest BCUT2D eigenvalue weighted by molar-refractivity contribution is 9.10. The first-order valence-electron chi connectivity index (χ1n) is 6.84. The van der Waals surface area contributed by atoms with Gasteiger partial charge in [0.1, 0.15) is 5.82 Å². The Bertz CT molecular complexity index is 450. The van der Waals surface area contributed by atoms with Gasteiger partial charge in [0.2, 0.25) is 0 Å². The van der Waals surface area contributed by atoms with Crippen LogP contribution in [0.15, 0.2) is 16.6 Å². The summed E-state index contributed by atoms with van der Waals surface area (Å²) in [5, 5.41) is 3.67. The van der Waals surface area contributed by atoms with Gasteiger partial charge in [-0.05, 0) is 71.2 Å². The summed E-state index contributed by atoms with van der Waals surface area (Å²) in [6.45, 7) is 6.38. The minimum absolute atomic E-state index is 0.207. The van der Waals surface area contributed by atoms with Gasteiger partial charge in [-0.15, -0.1) is 0 Å². The third kappa shape index (κ3) is 3.50. The summed E-state index contributed by atoms with van der Waals surface area (Å²) in [6, 6.07) is 3.71. The maximum absolute atomic E-state index is 14.2. The van der Waals surface area contributed by atoms with Crippen molar-refractivity contribution in [3.05, 3.63) is 33.0 Å². The van der Waals surface area contributed by atoms with E-state index in [1.807, 2.05) is 12.1 Å². The van der Waals surface area contributed by atoms with Crippen molar-refractivity contribution >= 4 is 27.5 Å². The standard InChI is InChI=1S/C15H20BrClFN/c1-9(2)7-19-8-10-3-4-11(10)12-5-6-13(16)14(17)15(12)18/h5-6,9-11,19H,3-4,7-8H2,1-2H3. The molecular formula is C15H20BrClFN. The van der Waals surface area contributed by atoms with Crippen molar-refractivity contribution in [3.8, 4) is 0 Å². The van der Waals surface area contributed by atoms with Crippen molar-refractivity contribution in [2.45, 2.75) is 32.6 Å². The molecule has 0 spiro atoms. The molecular weight excluding hydrogens is 329 g/mol. The van der Waals surface area contributed by atoms with E-state index in [0.717, 1.165) is 25.1 Å². The lowest BCUT2D eigenvalue weighted by Gasteiger charge is -2.37. The molecule has 1 fully saturated rings. The van der Waals surface area contributed by atoms with Crippen LogP contribution >= 0.6 is 27.5 Å². The molecule has 0 aromatic heterocycles. The summed E-state index contributed by atoms with van der Waals surface area (Å²) in [7, 11) is 0. The molecule has 1 aromatic carbocycles. The normalized spacial score (nSPS) is 22.6. The van der Waals surface area contributed by atoms with Gasteiger partial charge in [0.25, 0.3) is 0 Å². The van der Waals surface area contributed by atoms with Crippen LogP contribution in [-0.2, 0) is 0 Å². The molecule has 0 radical (unpaired) electrons. The Morgan fingerprint density at radius 3 is 2.74 bits per heavy atom. The smallest absolute Gasteiger partial charge is 0.146 e. The Labute approximate surface area is 128 Å². The SMILES string of the molecule is CC(C)CNCC1CCC1c1ccc(Br)c(Cl)c1F. The summed E-state index contributed by atoms with van der Waals surface area (Å²) in [4.78, 5) is 0. The van der Waals surface area contributed by atoms with E-state index in [1.54, 1.807) is 0 Å². The number of rotatable bonds is 5. The Morgan fingerprint density at radius 2 is 2.16 bits per heavy atom. The van der Waals surface area contributed by atoms with E-state index in [1.165, 1.54) is 6.42 Å². The predicted molar refractivity (Wildman–Crippen MR) is 82.3 cm³/mol. The number of hydrogen-bond donors (Lipinski definition) is 1. The Balaban J connectivity index is 2.01. The first kappa shape index (κ1) is 15.3. The van der Waals surface area contributed by atoms with Crippen LogP contribution in [0.3, 0.4) is 0 Å². The summed E-state index contributed by atoms with van der Waals surface area (Å²) in [5.74, 6) is 1.24. The summed E-state index contributed by atoms with van der Waals surface area (Å²) < 4.78 is 14.8. The van der Waals surface area contributed by atoms with E-state index in [0.29, 0.717) is 22.2 Å². The minimum atomic E-state index is -0.255. The number of halogens is 3. The van der Waals surface area contributed by atoms with Crippen LogP contribution < -0.4 is 5.32 Å². The predicted octanol–water partition coefficient (Wildman–Crippen LogP) is 4.98. The third-order valence-electron chi connectivity index (χ3n) is 3.84. The summed E-state index contributed by atoms with van der Waals surface area (Å²) in [5.41, 5.74) is 0.774. The maximum Gasteiger partial charge on any atom is 0.146 e. The van der Waals surface area contributed by atoms with Crippen molar-refractivity contribution in [3.63, 3.8) is 0 Å². The van der Waals surface area contributed by atoms with E-state index in [9.17, 15) is 4.39 Å². The zero-order valence-electron chi connectivity index (χ0n) is 11.3. The average molecular weight is 349 g/mol. The van der Waals surface area contributed by atoms with Gasteiger partial charge in [-0.3, -0.25) is 0 Å². The van der Waals surface area contributed by atoms with Gasteiger partial charge < -0.3 is 5.32 Å². The van der Waals surface area contributed by atoms with Gasteiger partial charge in [0.15, 0.2) is 0 Å². The van der Waals surface area contributed by atoms with E-state index in [2.05, 4.69) is 35.1 Å². The first-order chi connectivity index (χ1) is 9.00. The minimum Gasteiger partial charge on any atom is -0.316 e. The van der Waals surface area contributed by atoms with Crippen molar-refractivity contribution < 1.29 is 4.39 Å². The number of benzene rings is 1. The van der Waals surface area contributed by atoms with E-state index >= 15 is 0 Å². The zero-order valence-corrected chi connectivity index (χ0v) is 13.7. The highest BCUT2D eigenvalue weighted by Crippen LogP contribution is 2.44. The van der Waals surface area contributed by atoms with Gasteiger partial charge in [0.05, 0.1) is 5.02 Å². The molecule has 4 heteroatoms. The molecule has 0 aliphatic heterocycles. The van der Waals surface area contributed by atoms with Gasteiger partial charge in [-0.2, -0.15) is 0 Å². The lowest BCUT2D eigenvalue weighted by molar-refractivity contribution is 0.238. The molecule has 19 heavy (non-hydrogen) atoms. The summed E-state index contributed by atoms with van der Waals surface area (Å²) >= 11 is 9.22.